The fourth-order valence-electron chi connectivity index (χ4n) is 4.67. The Morgan fingerprint density at radius 3 is 2.72 bits per heavy atom. The Hall–Kier alpha value is -4.31. The van der Waals surface area contributed by atoms with E-state index in [0.717, 1.165) is 37.2 Å². The average molecular weight is 485 g/mol. The number of carbonyl (C=O) groups is 2. The molecule has 2 aromatic heterocycles. The second-order valence-corrected chi connectivity index (χ2v) is 8.95. The van der Waals surface area contributed by atoms with Gasteiger partial charge in [0, 0.05) is 30.9 Å². The minimum absolute atomic E-state index is 0.0000573. The molecule has 3 unspecified atom stereocenters. The number of amides is 1. The molecule has 3 atom stereocenters. The van der Waals surface area contributed by atoms with Gasteiger partial charge >= 0.3 is 0 Å². The zero-order valence-corrected chi connectivity index (χ0v) is 19.8. The topological polar surface area (TPSA) is 138 Å². The number of aromatic nitrogens is 3. The van der Waals surface area contributed by atoms with Crippen LogP contribution in [-0.2, 0) is 11.2 Å². The zero-order valence-electron chi connectivity index (χ0n) is 19.8. The average Bonchev–Trinajstić information content (AvgIpc) is 3.47. The molecule has 5 rings (SSSR count). The van der Waals surface area contributed by atoms with Crippen LogP contribution < -0.4 is 21.7 Å². The Morgan fingerprint density at radius 2 is 2.00 bits per heavy atom. The van der Waals surface area contributed by atoms with E-state index >= 15 is 0 Å². The van der Waals surface area contributed by atoms with Gasteiger partial charge in [-0.1, -0.05) is 24.3 Å². The lowest BCUT2D eigenvalue weighted by atomic mass is 9.94. The molecule has 2 saturated heterocycles. The van der Waals surface area contributed by atoms with Crippen molar-refractivity contribution in [1.82, 2.24) is 25.2 Å². The summed E-state index contributed by atoms with van der Waals surface area (Å²) < 4.78 is 0. The predicted octanol–water partition coefficient (Wildman–Crippen LogP) is 2.67. The molecule has 3 aromatic rings. The highest BCUT2D eigenvalue weighted by molar-refractivity contribution is 5.99. The lowest BCUT2D eigenvalue weighted by Crippen LogP contribution is -2.37. The number of carbonyl (C=O) groups excluding carboxylic acids is 2. The molecule has 5 N–H and O–H groups in total. The molecule has 36 heavy (non-hydrogen) atoms. The van der Waals surface area contributed by atoms with Crippen LogP contribution in [-0.4, -0.2) is 57.2 Å². The van der Waals surface area contributed by atoms with Crippen molar-refractivity contribution in [1.29, 1.82) is 0 Å². The number of rotatable bonds is 9. The number of hydrogen-bond acceptors (Lipinski definition) is 9. The molecule has 0 saturated carbocycles. The van der Waals surface area contributed by atoms with Crippen molar-refractivity contribution in [3.63, 3.8) is 0 Å². The third-order valence-electron chi connectivity index (χ3n) is 6.49. The normalized spacial score (nSPS) is 20.2. The molecule has 2 aliphatic rings. The molecule has 0 aliphatic carbocycles. The van der Waals surface area contributed by atoms with Crippen molar-refractivity contribution < 1.29 is 9.59 Å². The van der Waals surface area contributed by atoms with E-state index in [-0.39, 0.29) is 29.2 Å². The quantitative estimate of drug-likeness (QED) is 0.338. The Kier molecular flexibility index (Phi) is 6.59. The van der Waals surface area contributed by atoms with Crippen LogP contribution >= 0.6 is 0 Å². The fourth-order valence-corrected chi connectivity index (χ4v) is 4.67. The molecular formula is C26H28N8O2. The van der Waals surface area contributed by atoms with Gasteiger partial charge in [0.05, 0.1) is 6.04 Å². The number of Topliss-reactive ketones (excluding diaryl/α,β-unsaturated/α-hetero) is 1. The maximum atomic E-state index is 12.6. The summed E-state index contributed by atoms with van der Waals surface area (Å²) in [5.74, 6) is 1.64. The van der Waals surface area contributed by atoms with Crippen LogP contribution in [0.5, 0.6) is 0 Å². The van der Waals surface area contributed by atoms with Crippen LogP contribution in [0.2, 0.25) is 0 Å². The van der Waals surface area contributed by atoms with Crippen molar-refractivity contribution >= 4 is 40.8 Å². The van der Waals surface area contributed by atoms with Crippen LogP contribution in [0.25, 0.3) is 0 Å². The van der Waals surface area contributed by atoms with Gasteiger partial charge in [0.25, 0.3) is 5.91 Å². The third kappa shape index (κ3) is 5.03. The summed E-state index contributed by atoms with van der Waals surface area (Å²) in [6.45, 7) is 5.85. The molecule has 10 heteroatoms. The van der Waals surface area contributed by atoms with Gasteiger partial charge in [-0.3, -0.25) is 14.5 Å². The maximum Gasteiger partial charge on any atom is 0.256 e. The second-order valence-electron chi connectivity index (χ2n) is 8.95. The Balaban J connectivity index is 1.32. The summed E-state index contributed by atoms with van der Waals surface area (Å²) in [4.78, 5) is 40.5. The van der Waals surface area contributed by atoms with Gasteiger partial charge < -0.3 is 21.7 Å². The lowest BCUT2D eigenvalue weighted by Gasteiger charge is -2.23. The third-order valence-corrected chi connectivity index (χ3v) is 6.49. The van der Waals surface area contributed by atoms with E-state index in [1.807, 2.05) is 24.3 Å². The standard InChI is InChI=1S/C26H28N8O2/c1-2-11-28-25(36)19-14-29-26(33-24(19)32-22-5-3-4-21(27)31-22)30-18-8-6-16(7-9-18)13-20-23(35)17-10-12-34(20)15-17/h2-9,14,17,20H,1,10-13,15H2,(H,28,36)(H4,27,29,30,31,32,33). The van der Waals surface area contributed by atoms with Gasteiger partial charge in [0.2, 0.25) is 5.95 Å². The highest BCUT2D eigenvalue weighted by atomic mass is 16.1. The summed E-state index contributed by atoms with van der Waals surface area (Å²) in [5.41, 5.74) is 7.94. The predicted molar refractivity (Wildman–Crippen MR) is 138 cm³/mol. The molecule has 1 amide bonds. The van der Waals surface area contributed by atoms with Crippen molar-refractivity contribution in [3.8, 4) is 0 Å². The minimum Gasteiger partial charge on any atom is -0.384 e. The Morgan fingerprint density at radius 1 is 1.17 bits per heavy atom. The number of piperidine rings is 1. The number of nitrogens with one attached hydrogen (secondary N) is 3. The molecule has 184 valence electrons. The van der Waals surface area contributed by atoms with Gasteiger partial charge in [0.15, 0.2) is 5.78 Å². The van der Waals surface area contributed by atoms with Crippen molar-refractivity contribution in [3.05, 3.63) is 72.4 Å². The van der Waals surface area contributed by atoms with Gasteiger partial charge in [-0.25, -0.2) is 9.97 Å². The first-order valence-corrected chi connectivity index (χ1v) is 11.9. The van der Waals surface area contributed by atoms with Crippen molar-refractivity contribution in [2.45, 2.75) is 18.9 Å². The highest BCUT2D eigenvalue weighted by Crippen LogP contribution is 2.31. The highest BCUT2D eigenvalue weighted by Gasteiger charge is 2.44. The molecule has 1 aromatic carbocycles. The molecule has 2 fully saturated rings. The summed E-state index contributed by atoms with van der Waals surface area (Å²) in [6.07, 6.45) is 4.76. The number of fused-ring (bicyclic) bond motifs is 2. The molecule has 4 heterocycles. The number of nitrogen functional groups attached to an aromatic ring is 1. The number of nitrogens with zero attached hydrogens (tertiary/aromatic N) is 4. The number of benzene rings is 1. The van der Waals surface area contributed by atoms with Crippen LogP contribution in [0.4, 0.5) is 29.1 Å². The van der Waals surface area contributed by atoms with Crippen LogP contribution in [0, 0.1) is 5.92 Å². The Bertz CT molecular complexity index is 1290. The first-order chi connectivity index (χ1) is 17.5. The molecule has 0 spiro atoms. The first-order valence-electron chi connectivity index (χ1n) is 11.9. The van der Waals surface area contributed by atoms with Crippen LogP contribution in [0.15, 0.2) is 61.3 Å². The van der Waals surface area contributed by atoms with E-state index < -0.39 is 0 Å². The van der Waals surface area contributed by atoms with Crippen LogP contribution in [0.1, 0.15) is 22.3 Å². The van der Waals surface area contributed by atoms with Gasteiger partial charge in [-0.05, 0) is 49.2 Å². The molecule has 2 aliphatic heterocycles. The first kappa shape index (κ1) is 23.4. The second kappa shape index (κ2) is 10.1. The van der Waals surface area contributed by atoms with E-state index in [1.165, 1.54) is 6.20 Å². The smallest absolute Gasteiger partial charge is 0.256 e. The van der Waals surface area contributed by atoms with Crippen LogP contribution in [0.3, 0.4) is 0 Å². The SMILES string of the molecule is C=CCNC(=O)c1cnc(Nc2ccc(CC3C(=O)C4CCN3C4)cc2)nc1Nc1cccc(N)n1. The van der Waals surface area contributed by atoms with Crippen molar-refractivity contribution in [2.24, 2.45) is 5.92 Å². The summed E-state index contributed by atoms with van der Waals surface area (Å²) >= 11 is 0. The minimum atomic E-state index is -0.344. The molecule has 2 bridgehead atoms. The van der Waals surface area contributed by atoms with E-state index in [1.54, 1.807) is 24.3 Å². The van der Waals surface area contributed by atoms with Gasteiger partial charge in [0.1, 0.15) is 23.0 Å². The monoisotopic (exact) mass is 484 g/mol. The summed E-state index contributed by atoms with van der Waals surface area (Å²) in [6, 6.07) is 13.0. The summed E-state index contributed by atoms with van der Waals surface area (Å²) in [7, 11) is 0. The van der Waals surface area contributed by atoms with E-state index in [9.17, 15) is 9.59 Å². The number of hydrogen-bond donors (Lipinski definition) is 4. The zero-order chi connectivity index (χ0) is 25.1. The van der Waals surface area contributed by atoms with E-state index in [2.05, 4.69) is 42.4 Å². The fraction of sp³-hybridized carbons (Fsp3) is 0.269. The van der Waals surface area contributed by atoms with E-state index in [4.69, 9.17) is 5.73 Å². The maximum absolute atomic E-state index is 12.6. The molecular weight excluding hydrogens is 456 g/mol. The largest absolute Gasteiger partial charge is 0.384 e. The number of anilines is 5. The number of nitrogens with two attached hydrogens (primary N) is 1. The summed E-state index contributed by atoms with van der Waals surface area (Å²) in [5, 5.41) is 8.97. The number of pyridine rings is 1. The van der Waals surface area contributed by atoms with Gasteiger partial charge in [-0.2, -0.15) is 4.98 Å². The Labute approximate surface area is 209 Å². The number of ketones is 1. The van der Waals surface area contributed by atoms with Gasteiger partial charge in [-0.15, -0.1) is 6.58 Å². The van der Waals surface area contributed by atoms with Crippen molar-refractivity contribution in [2.75, 3.05) is 36.0 Å². The molecule has 10 nitrogen and oxygen atoms in total. The molecule has 0 radical (unpaired) electrons. The lowest BCUT2D eigenvalue weighted by molar-refractivity contribution is -0.124. The van der Waals surface area contributed by atoms with E-state index in [0.29, 0.717) is 29.9 Å².